The van der Waals surface area contributed by atoms with Gasteiger partial charge in [-0.05, 0) is 57.0 Å². The summed E-state index contributed by atoms with van der Waals surface area (Å²) in [4.78, 5) is 20.4. The van der Waals surface area contributed by atoms with Gasteiger partial charge in [0.1, 0.15) is 0 Å². The molecule has 0 bridgehead atoms. The predicted octanol–water partition coefficient (Wildman–Crippen LogP) is 2.94. The molecule has 1 aromatic rings. The molecule has 0 saturated carbocycles. The van der Waals surface area contributed by atoms with Crippen LogP contribution in [0.2, 0.25) is 0 Å². The highest BCUT2D eigenvalue weighted by molar-refractivity contribution is 7.15. The van der Waals surface area contributed by atoms with Crippen LogP contribution < -0.4 is 5.32 Å². The summed E-state index contributed by atoms with van der Waals surface area (Å²) in [6.07, 6.45) is 5.81. The van der Waals surface area contributed by atoms with E-state index in [0.717, 1.165) is 42.9 Å². The summed E-state index contributed by atoms with van der Waals surface area (Å²) in [5.74, 6) is 1.64. The Bertz CT molecular complexity index is 506. The summed E-state index contributed by atoms with van der Waals surface area (Å²) in [5.41, 5.74) is 1.21. The van der Waals surface area contributed by atoms with E-state index in [9.17, 15) is 4.79 Å². The van der Waals surface area contributed by atoms with Crippen LogP contribution >= 0.6 is 11.3 Å². The van der Waals surface area contributed by atoms with Crippen molar-refractivity contribution in [1.29, 1.82) is 0 Å². The van der Waals surface area contributed by atoms with Crippen molar-refractivity contribution >= 4 is 22.4 Å². The summed E-state index contributed by atoms with van der Waals surface area (Å²) in [6.45, 7) is 7.17. The molecule has 2 heterocycles. The van der Waals surface area contributed by atoms with Gasteiger partial charge in [0.15, 0.2) is 5.13 Å². The van der Waals surface area contributed by atoms with Crippen molar-refractivity contribution in [2.45, 2.75) is 46.0 Å². The zero-order chi connectivity index (χ0) is 14.8. The molecule has 1 aromatic heterocycles. The van der Waals surface area contributed by atoms with Crippen molar-refractivity contribution in [1.82, 2.24) is 9.88 Å². The molecule has 1 amide bonds. The number of anilines is 1. The number of fused-ring (bicyclic) bond motifs is 1. The topological polar surface area (TPSA) is 45.2 Å². The van der Waals surface area contributed by atoms with Crippen molar-refractivity contribution in [3.05, 3.63) is 10.6 Å². The zero-order valence-corrected chi connectivity index (χ0v) is 13.8. The summed E-state index contributed by atoms with van der Waals surface area (Å²) in [5, 5.41) is 3.80. The van der Waals surface area contributed by atoms with Gasteiger partial charge in [0.25, 0.3) is 0 Å². The van der Waals surface area contributed by atoms with Crippen molar-refractivity contribution in [2.24, 2.45) is 11.8 Å². The SMILES string of the molecule is CC1CCN(CC(=O)Nc2nc3c(s2)C[C@@H](C)CC3)CC1. The lowest BCUT2D eigenvalue weighted by Gasteiger charge is -2.29. The molecule has 0 spiro atoms. The monoisotopic (exact) mass is 307 g/mol. The van der Waals surface area contributed by atoms with Gasteiger partial charge in [0.05, 0.1) is 12.2 Å². The van der Waals surface area contributed by atoms with E-state index in [1.54, 1.807) is 11.3 Å². The minimum absolute atomic E-state index is 0.0868. The van der Waals surface area contributed by atoms with Crippen molar-refractivity contribution in [2.75, 3.05) is 25.0 Å². The van der Waals surface area contributed by atoms with Crippen LogP contribution in [0.3, 0.4) is 0 Å². The first-order valence-corrected chi connectivity index (χ1v) is 8.92. The highest BCUT2D eigenvalue weighted by Crippen LogP contribution is 2.32. The van der Waals surface area contributed by atoms with Crippen LogP contribution in [0.25, 0.3) is 0 Å². The molecule has 0 unspecified atom stereocenters. The van der Waals surface area contributed by atoms with Gasteiger partial charge in [-0.25, -0.2) is 4.98 Å². The Morgan fingerprint density at radius 1 is 1.29 bits per heavy atom. The molecular formula is C16H25N3OS. The minimum atomic E-state index is 0.0868. The maximum atomic E-state index is 12.2. The average molecular weight is 307 g/mol. The van der Waals surface area contributed by atoms with Gasteiger partial charge in [-0.15, -0.1) is 11.3 Å². The highest BCUT2D eigenvalue weighted by atomic mass is 32.1. The number of aryl methyl sites for hydroxylation is 1. The van der Waals surface area contributed by atoms with Gasteiger partial charge >= 0.3 is 0 Å². The second-order valence-electron chi connectivity index (χ2n) is 6.74. The predicted molar refractivity (Wildman–Crippen MR) is 86.8 cm³/mol. The molecular weight excluding hydrogens is 282 g/mol. The normalized spacial score (nSPS) is 23.8. The number of rotatable bonds is 3. The third kappa shape index (κ3) is 3.83. The Labute approximate surface area is 130 Å². The van der Waals surface area contributed by atoms with Gasteiger partial charge in [0.2, 0.25) is 5.91 Å². The van der Waals surface area contributed by atoms with Crippen LogP contribution in [-0.4, -0.2) is 35.4 Å². The molecule has 21 heavy (non-hydrogen) atoms. The third-order valence-electron chi connectivity index (χ3n) is 4.68. The fourth-order valence-corrected chi connectivity index (χ4v) is 4.36. The summed E-state index contributed by atoms with van der Waals surface area (Å²) in [7, 11) is 0. The Balaban J connectivity index is 1.53. The van der Waals surface area contributed by atoms with E-state index in [-0.39, 0.29) is 5.91 Å². The first kappa shape index (κ1) is 15.0. The van der Waals surface area contributed by atoms with Crippen molar-refractivity contribution in [3.63, 3.8) is 0 Å². The second kappa shape index (κ2) is 6.44. The Morgan fingerprint density at radius 2 is 2.05 bits per heavy atom. The van der Waals surface area contributed by atoms with Crippen molar-refractivity contribution < 1.29 is 4.79 Å². The van der Waals surface area contributed by atoms with Crippen LogP contribution in [0.15, 0.2) is 0 Å². The maximum absolute atomic E-state index is 12.2. The number of amides is 1. The lowest BCUT2D eigenvalue weighted by molar-refractivity contribution is -0.117. The molecule has 0 aromatic carbocycles. The quantitative estimate of drug-likeness (QED) is 0.934. The summed E-state index contributed by atoms with van der Waals surface area (Å²) in [6, 6.07) is 0. The lowest BCUT2D eigenvalue weighted by atomic mass is 9.93. The Morgan fingerprint density at radius 3 is 2.81 bits per heavy atom. The molecule has 1 saturated heterocycles. The number of carbonyl (C=O) groups excluding carboxylic acids is 1. The third-order valence-corrected chi connectivity index (χ3v) is 5.71. The number of hydrogen-bond acceptors (Lipinski definition) is 4. The maximum Gasteiger partial charge on any atom is 0.240 e. The molecule has 3 rings (SSSR count). The van der Waals surface area contributed by atoms with E-state index in [2.05, 4.69) is 29.0 Å². The molecule has 0 radical (unpaired) electrons. The van der Waals surface area contributed by atoms with E-state index in [4.69, 9.17) is 0 Å². The molecule has 1 aliphatic carbocycles. The van der Waals surface area contributed by atoms with Gasteiger partial charge in [0, 0.05) is 4.88 Å². The molecule has 1 aliphatic heterocycles. The van der Waals surface area contributed by atoms with E-state index in [0.29, 0.717) is 6.54 Å². The molecule has 1 atom stereocenters. The number of likely N-dealkylation sites (tertiary alicyclic amines) is 1. The molecule has 1 N–H and O–H groups in total. The first-order chi connectivity index (χ1) is 10.1. The number of thiazole rings is 1. The summed E-state index contributed by atoms with van der Waals surface area (Å²) < 4.78 is 0. The minimum Gasteiger partial charge on any atom is -0.301 e. The van der Waals surface area contributed by atoms with Crippen LogP contribution in [0.4, 0.5) is 5.13 Å². The number of nitrogens with one attached hydrogen (secondary N) is 1. The fourth-order valence-electron chi connectivity index (χ4n) is 3.18. The van der Waals surface area contributed by atoms with E-state index in [1.165, 1.54) is 29.8 Å². The number of piperidine rings is 1. The number of carbonyl (C=O) groups is 1. The van der Waals surface area contributed by atoms with Crippen LogP contribution in [-0.2, 0) is 17.6 Å². The van der Waals surface area contributed by atoms with E-state index < -0.39 is 0 Å². The van der Waals surface area contributed by atoms with E-state index in [1.807, 2.05) is 0 Å². The number of hydrogen-bond donors (Lipinski definition) is 1. The Kier molecular flexibility index (Phi) is 4.60. The average Bonchev–Trinajstić information content (AvgIpc) is 2.82. The molecule has 5 heteroatoms. The standard InChI is InChI=1S/C16H25N3OS/c1-11-5-7-19(8-6-11)10-15(20)18-16-17-13-4-3-12(2)9-14(13)21-16/h11-12H,3-10H2,1-2H3,(H,17,18,20)/t12-/m0/s1. The highest BCUT2D eigenvalue weighted by Gasteiger charge is 2.22. The first-order valence-electron chi connectivity index (χ1n) is 8.11. The van der Waals surface area contributed by atoms with Gasteiger partial charge in [-0.3, -0.25) is 9.69 Å². The number of aromatic nitrogens is 1. The zero-order valence-electron chi connectivity index (χ0n) is 13.0. The van der Waals surface area contributed by atoms with Crippen LogP contribution in [0, 0.1) is 11.8 Å². The van der Waals surface area contributed by atoms with Crippen LogP contribution in [0.1, 0.15) is 43.7 Å². The van der Waals surface area contributed by atoms with Gasteiger partial charge < -0.3 is 5.32 Å². The van der Waals surface area contributed by atoms with Crippen molar-refractivity contribution in [3.8, 4) is 0 Å². The van der Waals surface area contributed by atoms with Crippen LogP contribution in [0.5, 0.6) is 0 Å². The molecule has 116 valence electrons. The Hall–Kier alpha value is -0.940. The van der Waals surface area contributed by atoms with E-state index >= 15 is 0 Å². The second-order valence-corrected chi connectivity index (χ2v) is 7.83. The largest absolute Gasteiger partial charge is 0.301 e. The lowest BCUT2D eigenvalue weighted by Crippen LogP contribution is -2.38. The molecule has 4 nitrogen and oxygen atoms in total. The van der Waals surface area contributed by atoms with Gasteiger partial charge in [-0.2, -0.15) is 0 Å². The number of nitrogens with zero attached hydrogens (tertiary/aromatic N) is 2. The smallest absolute Gasteiger partial charge is 0.240 e. The summed E-state index contributed by atoms with van der Waals surface area (Å²) >= 11 is 1.67. The fraction of sp³-hybridized carbons (Fsp3) is 0.750. The molecule has 1 fully saturated rings. The van der Waals surface area contributed by atoms with Gasteiger partial charge in [-0.1, -0.05) is 13.8 Å². The molecule has 2 aliphatic rings.